The summed E-state index contributed by atoms with van der Waals surface area (Å²) in [5, 5.41) is 6.74. The standard InChI is InChI=1S/C14H29N3OS/c1-13(2)8-10(9-14(3,4)17-13)16-12(18)11(15)6-7-19-5/h10-11,17H,6-9,15H2,1-5H3,(H,16,18)/t11-/m0/s1. The van der Waals surface area contributed by atoms with Gasteiger partial charge in [-0.1, -0.05) is 0 Å². The van der Waals surface area contributed by atoms with Crippen molar-refractivity contribution < 1.29 is 4.79 Å². The number of nitrogens with two attached hydrogens (primary N) is 1. The summed E-state index contributed by atoms with van der Waals surface area (Å²) in [7, 11) is 0. The van der Waals surface area contributed by atoms with Crippen LogP contribution in [-0.2, 0) is 4.79 Å². The summed E-state index contributed by atoms with van der Waals surface area (Å²) in [4.78, 5) is 12.1. The fourth-order valence-electron chi connectivity index (χ4n) is 3.11. The summed E-state index contributed by atoms with van der Waals surface area (Å²) in [6, 6.07) is -0.173. The first-order valence-corrected chi connectivity index (χ1v) is 8.39. The summed E-state index contributed by atoms with van der Waals surface area (Å²) < 4.78 is 0. The number of amides is 1. The molecule has 4 N–H and O–H groups in total. The van der Waals surface area contributed by atoms with Gasteiger partial charge in [-0.25, -0.2) is 0 Å². The van der Waals surface area contributed by atoms with E-state index in [1.54, 1.807) is 11.8 Å². The van der Waals surface area contributed by atoms with Gasteiger partial charge >= 0.3 is 0 Å². The predicted molar refractivity (Wildman–Crippen MR) is 83.4 cm³/mol. The fourth-order valence-corrected chi connectivity index (χ4v) is 3.60. The molecule has 1 aliphatic rings. The molecule has 1 rings (SSSR count). The van der Waals surface area contributed by atoms with E-state index >= 15 is 0 Å². The Morgan fingerprint density at radius 2 is 1.89 bits per heavy atom. The van der Waals surface area contributed by atoms with Gasteiger partial charge in [-0.15, -0.1) is 0 Å². The highest BCUT2D eigenvalue weighted by Crippen LogP contribution is 2.28. The van der Waals surface area contributed by atoms with Crippen LogP contribution >= 0.6 is 11.8 Å². The van der Waals surface area contributed by atoms with Gasteiger partial charge in [-0.2, -0.15) is 11.8 Å². The highest BCUT2D eigenvalue weighted by atomic mass is 32.2. The number of nitrogens with one attached hydrogen (secondary N) is 2. The van der Waals surface area contributed by atoms with E-state index in [2.05, 4.69) is 38.3 Å². The number of carbonyl (C=O) groups excluding carboxylic acids is 1. The van der Waals surface area contributed by atoms with Crippen molar-refractivity contribution in [3.8, 4) is 0 Å². The molecule has 1 atom stereocenters. The molecule has 0 spiro atoms. The van der Waals surface area contributed by atoms with Crippen LogP contribution < -0.4 is 16.4 Å². The maximum Gasteiger partial charge on any atom is 0.237 e. The van der Waals surface area contributed by atoms with Crippen LogP contribution in [0.25, 0.3) is 0 Å². The third-order valence-electron chi connectivity index (χ3n) is 3.51. The van der Waals surface area contributed by atoms with Crippen molar-refractivity contribution in [3.63, 3.8) is 0 Å². The van der Waals surface area contributed by atoms with E-state index < -0.39 is 0 Å². The number of carbonyl (C=O) groups is 1. The third kappa shape index (κ3) is 5.71. The number of rotatable bonds is 5. The molecule has 0 saturated carbocycles. The lowest BCUT2D eigenvalue weighted by atomic mass is 9.79. The Morgan fingerprint density at radius 1 is 1.37 bits per heavy atom. The van der Waals surface area contributed by atoms with Gasteiger partial charge in [-0.3, -0.25) is 4.79 Å². The molecule has 0 aromatic carbocycles. The Hall–Kier alpha value is -0.260. The van der Waals surface area contributed by atoms with Crippen LogP contribution in [0.2, 0.25) is 0 Å². The molecule has 1 amide bonds. The van der Waals surface area contributed by atoms with Crippen molar-refractivity contribution in [3.05, 3.63) is 0 Å². The lowest BCUT2D eigenvalue weighted by Crippen LogP contribution is -2.63. The maximum atomic E-state index is 12.1. The van der Waals surface area contributed by atoms with E-state index in [1.165, 1.54) is 0 Å². The highest BCUT2D eigenvalue weighted by Gasteiger charge is 2.38. The molecule has 0 aromatic rings. The summed E-state index contributed by atoms with van der Waals surface area (Å²) in [5.41, 5.74) is 6.00. The smallest absolute Gasteiger partial charge is 0.237 e. The molecular formula is C14H29N3OS. The molecule has 5 heteroatoms. The molecule has 0 radical (unpaired) electrons. The molecule has 0 unspecified atom stereocenters. The average molecular weight is 287 g/mol. The fraction of sp³-hybridized carbons (Fsp3) is 0.929. The van der Waals surface area contributed by atoms with E-state index in [-0.39, 0.29) is 29.1 Å². The van der Waals surface area contributed by atoms with Crippen molar-refractivity contribution in [2.75, 3.05) is 12.0 Å². The van der Waals surface area contributed by atoms with Crippen molar-refractivity contribution >= 4 is 17.7 Å². The zero-order chi connectivity index (χ0) is 14.7. The van der Waals surface area contributed by atoms with Crippen LogP contribution in [0.5, 0.6) is 0 Å². The van der Waals surface area contributed by atoms with Crippen molar-refractivity contribution in [1.29, 1.82) is 0 Å². The summed E-state index contributed by atoms with van der Waals surface area (Å²) >= 11 is 1.72. The molecule has 0 aromatic heterocycles. The minimum Gasteiger partial charge on any atom is -0.352 e. The maximum absolute atomic E-state index is 12.1. The van der Waals surface area contributed by atoms with Crippen LogP contribution in [0, 0.1) is 0 Å². The zero-order valence-electron chi connectivity index (χ0n) is 12.9. The first-order chi connectivity index (χ1) is 8.65. The SMILES string of the molecule is CSCC[C@H](N)C(=O)NC1CC(C)(C)NC(C)(C)C1. The van der Waals surface area contributed by atoms with Gasteiger partial charge in [0.2, 0.25) is 5.91 Å². The molecule has 1 fully saturated rings. The van der Waals surface area contributed by atoms with Gasteiger partial charge in [0.25, 0.3) is 0 Å². The Balaban J connectivity index is 2.54. The van der Waals surface area contributed by atoms with Gasteiger partial charge in [0, 0.05) is 17.1 Å². The van der Waals surface area contributed by atoms with Gasteiger partial charge in [0.15, 0.2) is 0 Å². The Kier molecular flexibility index (Phi) is 5.71. The second-order valence-electron chi connectivity index (χ2n) is 6.89. The van der Waals surface area contributed by atoms with Gasteiger partial charge in [0.1, 0.15) is 0 Å². The average Bonchev–Trinajstić information content (AvgIpc) is 2.20. The van der Waals surface area contributed by atoms with Crippen LogP contribution in [0.1, 0.15) is 47.0 Å². The topological polar surface area (TPSA) is 67.2 Å². The minimum atomic E-state index is -0.381. The number of hydrogen-bond acceptors (Lipinski definition) is 4. The van der Waals surface area contributed by atoms with Gasteiger partial charge in [-0.05, 0) is 59.0 Å². The van der Waals surface area contributed by atoms with Gasteiger partial charge < -0.3 is 16.4 Å². The predicted octanol–water partition coefficient (Wildman–Crippen LogP) is 1.49. The van der Waals surface area contributed by atoms with E-state index in [0.29, 0.717) is 0 Å². The molecule has 4 nitrogen and oxygen atoms in total. The lowest BCUT2D eigenvalue weighted by Gasteiger charge is -2.46. The van der Waals surface area contributed by atoms with E-state index in [4.69, 9.17) is 5.73 Å². The summed E-state index contributed by atoms with van der Waals surface area (Å²) in [6.45, 7) is 8.73. The van der Waals surface area contributed by atoms with E-state index in [1.807, 2.05) is 6.26 Å². The zero-order valence-corrected chi connectivity index (χ0v) is 13.7. The largest absolute Gasteiger partial charge is 0.352 e. The van der Waals surface area contributed by atoms with Crippen LogP contribution in [0.4, 0.5) is 0 Å². The molecule has 1 aliphatic heterocycles. The Labute approximate surface area is 121 Å². The minimum absolute atomic E-state index is 0.00690. The second-order valence-corrected chi connectivity index (χ2v) is 7.88. The van der Waals surface area contributed by atoms with Crippen LogP contribution in [0.3, 0.4) is 0 Å². The quantitative estimate of drug-likeness (QED) is 0.717. The third-order valence-corrected chi connectivity index (χ3v) is 4.15. The normalized spacial score (nSPS) is 23.9. The van der Waals surface area contributed by atoms with E-state index in [9.17, 15) is 4.79 Å². The summed E-state index contributed by atoms with van der Waals surface area (Å²) in [6.07, 6.45) is 4.65. The first kappa shape index (κ1) is 16.8. The Morgan fingerprint density at radius 3 is 2.37 bits per heavy atom. The molecule has 19 heavy (non-hydrogen) atoms. The molecule has 0 aliphatic carbocycles. The highest BCUT2D eigenvalue weighted by molar-refractivity contribution is 7.98. The van der Waals surface area contributed by atoms with Crippen molar-refractivity contribution in [2.45, 2.75) is 70.1 Å². The van der Waals surface area contributed by atoms with Crippen LogP contribution in [0.15, 0.2) is 0 Å². The number of thioether (sulfide) groups is 1. The monoisotopic (exact) mass is 287 g/mol. The van der Waals surface area contributed by atoms with Crippen molar-refractivity contribution in [2.24, 2.45) is 5.73 Å². The lowest BCUT2D eigenvalue weighted by molar-refractivity contribution is -0.123. The van der Waals surface area contributed by atoms with E-state index in [0.717, 1.165) is 25.0 Å². The van der Waals surface area contributed by atoms with Crippen molar-refractivity contribution in [1.82, 2.24) is 10.6 Å². The molecule has 112 valence electrons. The first-order valence-electron chi connectivity index (χ1n) is 6.99. The van der Waals surface area contributed by atoms with Crippen LogP contribution in [-0.4, -0.2) is 41.1 Å². The van der Waals surface area contributed by atoms with Gasteiger partial charge in [0.05, 0.1) is 6.04 Å². The molecule has 0 bridgehead atoms. The number of hydrogen-bond donors (Lipinski definition) is 3. The summed E-state index contributed by atoms with van der Waals surface area (Å²) in [5.74, 6) is 0.921. The number of piperidine rings is 1. The molecule has 1 heterocycles. The Bertz CT molecular complexity index is 302. The molecular weight excluding hydrogens is 258 g/mol. The molecule has 1 saturated heterocycles. The second kappa shape index (κ2) is 6.46.